The lowest BCUT2D eigenvalue weighted by molar-refractivity contribution is 0.0695. The summed E-state index contributed by atoms with van der Waals surface area (Å²) >= 11 is 0. The second kappa shape index (κ2) is 6.58. The van der Waals surface area contributed by atoms with E-state index in [2.05, 4.69) is 10.6 Å². The minimum Gasteiger partial charge on any atom is -0.478 e. The molecule has 1 aliphatic heterocycles. The van der Waals surface area contributed by atoms with Crippen molar-refractivity contribution in [1.82, 2.24) is 10.6 Å². The summed E-state index contributed by atoms with van der Waals surface area (Å²) in [6.07, 6.45) is 1.27. The molecule has 0 radical (unpaired) electrons. The summed E-state index contributed by atoms with van der Waals surface area (Å²) in [5.74, 6) is -0.953. The Hall–Kier alpha value is -2.08. The Balaban J connectivity index is 1.81. The highest BCUT2D eigenvalue weighted by molar-refractivity contribution is 5.89. The van der Waals surface area contributed by atoms with Crippen molar-refractivity contribution in [2.75, 3.05) is 19.8 Å². The number of hydrogen-bond acceptors (Lipinski definition) is 3. The van der Waals surface area contributed by atoms with Crippen molar-refractivity contribution in [3.05, 3.63) is 35.4 Å². The summed E-state index contributed by atoms with van der Waals surface area (Å²) in [4.78, 5) is 22.9. The zero-order chi connectivity index (χ0) is 15.3. The van der Waals surface area contributed by atoms with Crippen molar-refractivity contribution in [3.8, 4) is 0 Å². The van der Waals surface area contributed by atoms with Gasteiger partial charge in [-0.3, -0.25) is 0 Å². The Kier molecular flexibility index (Phi) is 4.80. The molecule has 21 heavy (non-hydrogen) atoms. The molecule has 1 unspecified atom stereocenters. The number of aromatic carboxylic acids is 1. The zero-order valence-electron chi connectivity index (χ0n) is 12.0. The van der Waals surface area contributed by atoms with Gasteiger partial charge >= 0.3 is 12.0 Å². The maximum absolute atomic E-state index is 11.8. The molecule has 6 heteroatoms. The number of urea groups is 1. The van der Waals surface area contributed by atoms with E-state index < -0.39 is 5.97 Å². The van der Waals surface area contributed by atoms with Gasteiger partial charge in [0.1, 0.15) is 0 Å². The minimum absolute atomic E-state index is 0.254. The van der Waals surface area contributed by atoms with Gasteiger partial charge < -0.3 is 20.5 Å². The molecular weight excluding hydrogens is 272 g/mol. The lowest BCUT2D eigenvalue weighted by Crippen LogP contribution is -2.51. The highest BCUT2D eigenvalue weighted by Gasteiger charge is 2.31. The molecule has 114 valence electrons. The van der Waals surface area contributed by atoms with Gasteiger partial charge in [0.05, 0.1) is 17.7 Å². The van der Waals surface area contributed by atoms with Crippen molar-refractivity contribution < 1.29 is 19.4 Å². The predicted octanol–water partition coefficient (Wildman–Crippen LogP) is 1.41. The van der Waals surface area contributed by atoms with Gasteiger partial charge in [-0.2, -0.15) is 0 Å². The number of amides is 2. The van der Waals surface area contributed by atoms with Crippen LogP contribution in [-0.2, 0) is 11.2 Å². The molecule has 0 aromatic heterocycles. The number of carboxylic acids is 1. The quantitative estimate of drug-likeness (QED) is 0.765. The van der Waals surface area contributed by atoms with Gasteiger partial charge in [-0.25, -0.2) is 9.59 Å². The number of hydrogen-bond donors (Lipinski definition) is 3. The Labute approximate surface area is 123 Å². The molecule has 1 aromatic carbocycles. The molecule has 0 saturated carbocycles. The van der Waals surface area contributed by atoms with Gasteiger partial charge in [-0.15, -0.1) is 0 Å². The van der Waals surface area contributed by atoms with Crippen LogP contribution in [0.25, 0.3) is 0 Å². The second-order valence-corrected chi connectivity index (χ2v) is 5.46. The number of carbonyl (C=O) groups is 2. The largest absolute Gasteiger partial charge is 0.478 e. The number of rotatable bonds is 5. The molecule has 1 aromatic rings. The molecular formula is C15H20N2O4. The van der Waals surface area contributed by atoms with Crippen LogP contribution in [0.1, 0.15) is 29.3 Å². The van der Waals surface area contributed by atoms with Crippen LogP contribution in [0.2, 0.25) is 0 Å². The summed E-state index contributed by atoms with van der Waals surface area (Å²) < 4.78 is 5.27. The van der Waals surface area contributed by atoms with Crippen LogP contribution >= 0.6 is 0 Å². The van der Waals surface area contributed by atoms with Crippen molar-refractivity contribution in [1.29, 1.82) is 0 Å². The third kappa shape index (κ3) is 4.19. The Morgan fingerprint density at radius 2 is 2.14 bits per heavy atom. The maximum Gasteiger partial charge on any atom is 0.335 e. The summed E-state index contributed by atoms with van der Waals surface area (Å²) in [5, 5.41) is 14.7. The molecule has 3 N–H and O–H groups in total. The smallest absolute Gasteiger partial charge is 0.335 e. The topological polar surface area (TPSA) is 87.7 Å². The highest BCUT2D eigenvalue weighted by atomic mass is 16.5. The normalized spacial score (nSPS) is 21.0. The number of ether oxygens (including phenoxy) is 1. The van der Waals surface area contributed by atoms with Crippen LogP contribution in [0, 0.1) is 0 Å². The van der Waals surface area contributed by atoms with E-state index in [1.54, 1.807) is 24.3 Å². The van der Waals surface area contributed by atoms with Gasteiger partial charge in [-0.05, 0) is 31.4 Å². The fourth-order valence-corrected chi connectivity index (χ4v) is 2.34. The third-order valence-corrected chi connectivity index (χ3v) is 3.56. The first-order chi connectivity index (χ1) is 10.0. The zero-order valence-corrected chi connectivity index (χ0v) is 12.0. The fraction of sp³-hybridized carbons (Fsp3) is 0.467. The van der Waals surface area contributed by atoms with Crippen molar-refractivity contribution in [2.24, 2.45) is 0 Å². The van der Waals surface area contributed by atoms with Crippen LogP contribution < -0.4 is 10.6 Å². The molecule has 0 aliphatic carbocycles. The van der Waals surface area contributed by atoms with Crippen molar-refractivity contribution in [3.63, 3.8) is 0 Å². The van der Waals surface area contributed by atoms with Gasteiger partial charge in [-0.1, -0.05) is 18.2 Å². The molecule has 1 heterocycles. The predicted molar refractivity (Wildman–Crippen MR) is 77.5 cm³/mol. The Bertz CT molecular complexity index is 524. The monoisotopic (exact) mass is 292 g/mol. The first kappa shape index (κ1) is 15.3. The van der Waals surface area contributed by atoms with Crippen LogP contribution in [0.5, 0.6) is 0 Å². The van der Waals surface area contributed by atoms with Gasteiger partial charge in [0, 0.05) is 13.2 Å². The van der Waals surface area contributed by atoms with E-state index in [-0.39, 0.29) is 17.1 Å². The van der Waals surface area contributed by atoms with E-state index in [0.29, 0.717) is 31.7 Å². The van der Waals surface area contributed by atoms with Crippen LogP contribution in [0.4, 0.5) is 4.79 Å². The molecule has 0 bridgehead atoms. The summed E-state index contributed by atoms with van der Waals surface area (Å²) in [5.41, 5.74) is 0.667. The van der Waals surface area contributed by atoms with Crippen molar-refractivity contribution in [2.45, 2.75) is 25.3 Å². The second-order valence-electron chi connectivity index (χ2n) is 5.46. The summed E-state index contributed by atoms with van der Waals surface area (Å²) in [6, 6.07) is 6.55. The molecule has 1 saturated heterocycles. The summed E-state index contributed by atoms with van der Waals surface area (Å²) in [6.45, 7) is 3.50. The molecule has 2 amide bonds. The number of benzene rings is 1. The highest BCUT2D eigenvalue weighted by Crippen LogP contribution is 2.17. The molecule has 1 aliphatic rings. The van der Waals surface area contributed by atoms with E-state index in [1.165, 1.54) is 0 Å². The number of carboxylic acid groups (broad SMARTS) is 1. The summed E-state index contributed by atoms with van der Waals surface area (Å²) in [7, 11) is 0. The van der Waals surface area contributed by atoms with E-state index in [0.717, 1.165) is 6.42 Å². The Morgan fingerprint density at radius 3 is 2.81 bits per heavy atom. The lowest BCUT2D eigenvalue weighted by Gasteiger charge is -2.23. The molecule has 0 spiro atoms. The number of nitrogens with one attached hydrogen (secondary N) is 2. The molecule has 6 nitrogen and oxygen atoms in total. The van der Waals surface area contributed by atoms with E-state index in [4.69, 9.17) is 9.84 Å². The van der Waals surface area contributed by atoms with E-state index in [1.807, 2.05) is 6.92 Å². The van der Waals surface area contributed by atoms with Gasteiger partial charge in [0.2, 0.25) is 0 Å². The van der Waals surface area contributed by atoms with Gasteiger partial charge in [0.25, 0.3) is 0 Å². The molecule has 2 rings (SSSR count). The first-order valence-corrected chi connectivity index (χ1v) is 6.95. The minimum atomic E-state index is -0.953. The SMILES string of the molecule is CC1(NC(=O)NCCc2ccccc2C(=O)O)CCOC1. The fourth-order valence-electron chi connectivity index (χ4n) is 2.34. The molecule has 1 atom stereocenters. The Morgan fingerprint density at radius 1 is 1.38 bits per heavy atom. The van der Waals surface area contributed by atoms with Crippen LogP contribution in [0.3, 0.4) is 0 Å². The van der Waals surface area contributed by atoms with Crippen LogP contribution in [-0.4, -0.2) is 42.4 Å². The average Bonchev–Trinajstić information content (AvgIpc) is 2.85. The standard InChI is InChI=1S/C15H20N2O4/c1-15(7-9-21-10-15)17-14(20)16-8-6-11-4-2-3-5-12(11)13(18)19/h2-5H,6-10H2,1H3,(H,18,19)(H2,16,17,20). The first-order valence-electron chi connectivity index (χ1n) is 6.95. The van der Waals surface area contributed by atoms with E-state index in [9.17, 15) is 9.59 Å². The van der Waals surface area contributed by atoms with E-state index >= 15 is 0 Å². The van der Waals surface area contributed by atoms with Crippen molar-refractivity contribution >= 4 is 12.0 Å². The van der Waals surface area contributed by atoms with Gasteiger partial charge in [0.15, 0.2) is 0 Å². The average molecular weight is 292 g/mol. The lowest BCUT2D eigenvalue weighted by atomic mass is 10.0. The number of carbonyl (C=O) groups excluding carboxylic acids is 1. The molecule has 1 fully saturated rings. The third-order valence-electron chi connectivity index (χ3n) is 3.56. The van der Waals surface area contributed by atoms with Crippen LogP contribution in [0.15, 0.2) is 24.3 Å². The maximum atomic E-state index is 11.8.